The Hall–Kier alpha value is -3.04. The van der Waals surface area contributed by atoms with Crippen molar-refractivity contribution in [2.24, 2.45) is 5.92 Å². The molecule has 4 rings (SSSR count). The summed E-state index contributed by atoms with van der Waals surface area (Å²) in [4.78, 5) is 21.1. The molecule has 8 nitrogen and oxygen atoms in total. The average molecular weight is 530 g/mol. The highest BCUT2D eigenvalue weighted by Gasteiger charge is 2.20. The van der Waals surface area contributed by atoms with E-state index in [0.717, 1.165) is 12.6 Å². The second-order valence-electron chi connectivity index (χ2n) is 10.2. The zero-order chi connectivity index (χ0) is 26.4. The van der Waals surface area contributed by atoms with Crippen LogP contribution in [-0.2, 0) is 6.42 Å². The number of H-pyrrole nitrogens is 1. The molecule has 0 saturated heterocycles. The van der Waals surface area contributed by atoms with Crippen molar-refractivity contribution in [2.45, 2.75) is 70.8 Å². The average Bonchev–Trinajstić information content (AvgIpc) is 3.33. The number of ether oxygens (including phenoxy) is 1. The molecule has 10 heteroatoms. The van der Waals surface area contributed by atoms with Crippen LogP contribution in [0.25, 0.3) is 11.1 Å². The molecule has 1 fully saturated rings. The number of benzene rings is 1. The Kier molecular flexibility index (Phi) is 8.76. The van der Waals surface area contributed by atoms with Gasteiger partial charge in [0.05, 0.1) is 18.4 Å². The molecule has 37 heavy (non-hydrogen) atoms. The smallest absolute Gasteiger partial charge is 0.296 e. The first kappa shape index (κ1) is 27.0. The number of hydrogen-bond donors (Lipinski definition) is 3. The van der Waals surface area contributed by atoms with Gasteiger partial charge in [-0.25, -0.2) is 14.4 Å². The molecule has 0 radical (unpaired) electrons. The summed E-state index contributed by atoms with van der Waals surface area (Å²) in [6.07, 6.45) is 9.11. The van der Waals surface area contributed by atoms with Crippen molar-refractivity contribution in [1.82, 2.24) is 20.2 Å². The fraction of sp³-hybridized carbons (Fsp3) is 0.481. The molecule has 1 amide bonds. The van der Waals surface area contributed by atoms with E-state index < -0.39 is 17.3 Å². The van der Waals surface area contributed by atoms with Gasteiger partial charge in [-0.2, -0.15) is 0 Å². The second kappa shape index (κ2) is 12.0. The zero-order valence-electron chi connectivity index (χ0n) is 21.2. The van der Waals surface area contributed by atoms with Crippen molar-refractivity contribution in [3.8, 4) is 16.9 Å². The van der Waals surface area contributed by atoms with E-state index in [2.05, 4.69) is 25.5 Å². The predicted molar refractivity (Wildman–Crippen MR) is 140 cm³/mol. The lowest BCUT2D eigenvalue weighted by Crippen LogP contribution is -2.19. The van der Waals surface area contributed by atoms with Crippen molar-refractivity contribution in [3.05, 3.63) is 53.0 Å². The minimum atomic E-state index is -0.766. The number of halogens is 2. The van der Waals surface area contributed by atoms with E-state index in [1.807, 2.05) is 0 Å². The van der Waals surface area contributed by atoms with E-state index in [1.54, 1.807) is 32.0 Å². The Balaban J connectivity index is 1.43. The number of aromatic nitrogens is 4. The molecule has 0 spiro atoms. The van der Waals surface area contributed by atoms with E-state index in [0.29, 0.717) is 47.5 Å². The second-order valence-corrected chi connectivity index (χ2v) is 10.6. The van der Waals surface area contributed by atoms with Crippen LogP contribution < -0.4 is 10.1 Å². The van der Waals surface area contributed by atoms with Crippen molar-refractivity contribution >= 4 is 23.3 Å². The van der Waals surface area contributed by atoms with E-state index in [-0.39, 0.29) is 17.2 Å². The molecular formula is C27H33ClFN5O3. The minimum Gasteiger partial charge on any atom is -0.494 e. The monoisotopic (exact) mass is 529 g/mol. The highest BCUT2D eigenvalue weighted by Crippen LogP contribution is 2.34. The SMILES string of the molecule is CC(C)(O)CCCOc1ccc(Cl)c(-c2cc(NC(=O)c3n[nH]c(CC4CCCCC4)n3)ncc2F)c1. The predicted octanol–water partition coefficient (Wildman–Crippen LogP) is 5.96. The molecule has 3 aromatic rings. The summed E-state index contributed by atoms with van der Waals surface area (Å²) in [5, 5.41) is 19.7. The van der Waals surface area contributed by atoms with Gasteiger partial charge in [-0.05, 0) is 56.9 Å². The maximum absolute atomic E-state index is 14.8. The first-order valence-corrected chi connectivity index (χ1v) is 13.1. The van der Waals surface area contributed by atoms with Crippen molar-refractivity contribution < 1.29 is 19.0 Å². The Morgan fingerprint density at radius 3 is 2.78 bits per heavy atom. The van der Waals surface area contributed by atoms with E-state index in [9.17, 15) is 14.3 Å². The Morgan fingerprint density at radius 1 is 1.24 bits per heavy atom. The van der Waals surface area contributed by atoms with Gasteiger partial charge >= 0.3 is 0 Å². The van der Waals surface area contributed by atoms with Gasteiger partial charge in [0.25, 0.3) is 5.91 Å². The van der Waals surface area contributed by atoms with E-state index >= 15 is 0 Å². The van der Waals surface area contributed by atoms with Gasteiger partial charge in [-0.3, -0.25) is 9.89 Å². The van der Waals surface area contributed by atoms with Crippen LogP contribution in [0.15, 0.2) is 30.5 Å². The summed E-state index contributed by atoms with van der Waals surface area (Å²) < 4.78 is 20.5. The number of carbonyl (C=O) groups excluding carboxylic acids is 1. The van der Waals surface area contributed by atoms with Gasteiger partial charge in [-0.1, -0.05) is 43.7 Å². The highest BCUT2D eigenvalue weighted by atomic mass is 35.5. The van der Waals surface area contributed by atoms with Crippen LogP contribution in [0.5, 0.6) is 5.75 Å². The molecule has 198 valence electrons. The summed E-state index contributed by atoms with van der Waals surface area (Å²) in [6, 6.07) is 6.39. The molecule has 0 bridgehead atoms. The van der Waals surface area contributed by atoms with Crippen LogP contribution in [0.1, 0.15) is 75.2 Å². The third kappa shape index (κ3) is 7.72. The summed E-state index contributed by atoms with van der Waals surface area (Å²) in [7, 11) is 0. The van der Waals surface area contributed by atoms with Crippen LogP contribution in [0.4, 0.5) is 10.2 Å². The lowest BCUT2D eigenvalue weighted by atomic mass is 9.87. The number of anilines is 1. The molecule has 3 N–H and O–H groups in total. The summed E-state index contributed by atoms with van der Waals surface area (Å²) in [5.74, 6) is 0.799. The lowest BCUT2D eigenvalue weighted by molar-refractivity contribution is 0.0641. The largest absolute Gasteiger partial charge is 0.494 e. The highest BCUT2D eigenvalue weighted by molar-refractivity contribution is 6.33. The fourth-order valence-corrected chi connectivity index (χ4v) is 4.75. The molecule has 1 saturated carbocycles. The number of nitrogens with one attached hydrogen (secondary N) is 2. The van der Waals surface area contributed by atoms with Gasteiger partial charge < -0.3 is 15.2 Å². The molecule has 0 aliphatic heterocycles. The van der Waals surface area contributed by atoms with Crippen molar-refractivity contribution in [1.29, 1.82) is 0 Å². The Bertz CT molecular complexity index is 1220. The van der Waals surface area contributed by atoms with Crippen molar-refractivity contribution in [2.75, 3.05) is 11.9 Å². The van der Waals surface area contributed by atoms with Crippen LogP contribution in [0.3, 0.4) is 0 Å². The maximum atomic E-state index is 14.8. The topological polar surface area (TPSA) is 113 Å². The fourth-order valence-electron chi connectivity index (χ4n) is 4.53. The van der Waals surface area contributed by atoms with E-state index in [4.69, 9.17) is 16.3 Å². The number of aromatic amines is 1. The van der Waals surface area contributed by atoms with Gasteiger partial charge in [0.1, 0.15) is 23.2 Å². The lowest BCUT2D eigenvalue weighted by Gasteiger charge is -2.19. The summed E-state index contributed by atoms with van der Waals surface area (Å²) in [6.45, 7) is 3.88. The van der Waals surface area contributed by atoms with Crippen LogP contribution >= 0.6 is 11.6 Å². The molecule has 2 aromatic heterocycles. The molecule has 2 heterocycles. The molecule has 1 aliphatic carbocycles. The first-order valence-electron chi connectivity index (χ1n) is 12.7. The molecule has 0 atom stereocenters. The maximum Gasteiger partial charge on any atom is 0.296 e. The van der Waals surface area contributed by atoms with Crippen LogP contribution in [0.2, 0.25) is 5.02 Å². The number of carbonyl (C=O) groups is 1. The number of nitrogens with zero attached hydrogens (tertiary/aromatic N) is 3. The number of hydrogen-bond acceptors (Lipinski definition) is 6. The third-order valence-electron chi connectivity index (χ3n) is 6.47. The molecule has 1 aromatic carbocycles. The number of pyridine rings is 1. The summed E-state index contributed by atoms with van der Waals surface area (Å²) >= 11 is 6.37. The normalized spacial score (nSPS) is 14.5. The summed E-state index contributed by atoms with van der Waals surface area (Å²) in [5.41, 5.74) is -0.187. The van der Waals surface area contributed by atoms with Gasteiger partial charge in [0.2, 0.25) is 5.82 Å². The number of aliphatic hydroxyl groups is 1. The third-order valence-corrected chi connectivity index (χ3v) is 6.80. The van der Waals surface area contributed by atoms with Gasteiger partial charge in [-0.15, -0.1) is 5.10 Å². The van der Waals surface area contributed by atoms with Gasteiger partial charge in [0, 0.05) is 22.6 Å². The number of amides is 1. The molecule has 0 unspecified atom stereocenters. The minimum absolute atomic E-state index is 0.0120. The number of rotatable bonds is 10. The van der Waals surface area contributed by atoms with Gasteiger partial charge in [0.15, 0.2) is 0 Å². The quantitative estimate of drug-likeness (QED) is 0.279. The Labute approximate surface area is 221 Å². The van der Waals surface area contributed by atoms with Crippen LogP contribution in [0, 0.1) is 11.7 Å². The van der Waals surface area contributed by atoms with E-state index in [1.165, 1.54) is 38.2 Å². The van der Waals surface area contributed by atoms with Crippen molar-refractivity contribution in [3.63, 3.8) is 0 Å². The van der Waals surface area contributed by atoms with Crippen LogP contribution in [-0.4, -0.2) is 43.4 Å². The molecule has 1 aliphatic rings. The molecular weight excluding hydrogens is 497 g/mol. The standard InChI is InChI=1S/C27H33ClFN5O3/c1-27(2,36)11-6-12-37-18-9-10-21(28)19(14-18)20-15-23(30-16-22(20)29)32-26(35)25-31-24(33-34-25)13-17-7-4-3-5-8-17/h9-10,14-17,36H,3-8,11-13H2,1-2H3,(H,30,32,35)(H,31,33,34). The first-order chi connectivity index (χ1) is 17.7. The Morgan fingerprint density at radius 2 is 2.03 bits per heavy atom. The zero-order valence-corrected chi connectivity index (χ0v) is 21.9.